The van der Waals surface area contributed by atoms with Crippen LogP contribution in [-0.4, -0.2) is 39.0 Å². The molecule has 0 atom stereocenters. The fraction of sp³-hybridized carbons (Fsp3) is 0.326. The number of rotatable bonds is 4. The molecule has 0 amide bonds. The van der Waals surface area contributed by atoms with Crippen LogP contribution in [0.2, 0.25) is 0 Å². The molecule has 3 aromatic carbocycles. The van der Waals surface area contributed by atoms with Crippen molar-refractivity contribution in [3.05, 3.63) is 113 Å². The van der Waals surface area contributed by atoms with E-state index in [0.29, 0.717) is 0 Å². The van der Waals surface area contributed by atoms with Gasteiger partial charge in [-0.2, -0.15) is 0 Å². The maximum absolute atomic E-state index is 6.37. The normalized spacial score (nSPS) is 12.7. The Balaban J connectivity index is 0.00000450. The van der Waals surface area contributed by atoms with Crippen molar-refractivity contribution in [1.29, 1.82) is 0 Å². The van der Waals surface area contributed by atoms with Crippen LogP contribution < -0.4 is 8.92 Å². The van der Waals surface area contributed by atoms with Gasteiger partial charge in [0.1, 0.15) is 0 Å². The van der Waals surface area contributed by atoms with Gasteiger partial charge in [-0.05, 0) is 0 Å². The Labute approximate surface area is 339 Å². The molecule has 8 rings (SSSR count). The molecule has 6 nitrogen and oxygen atoms in total. The van der Waals surface area contributed by atoms with Crippen LogP contribution >= 0.6 is 0 Å². The van der Waals surface area contributed by atoms with Crippen molar-refractivity contribution in [2.45, 2.75) is 99.3 Å². The Morgan fingerprint density at radius 3 is 2.11 bits per heavy atom. The Morgan fingerprint density at radius 2 is 1.44 bits per heavy atom. The van der Waals surface area contributed by atoms with Gasteiger partial charge in [-0.25, -0.2) is 0 Å². The molecule has 0 radical (unpaired) electrons. The van der Waals surface area contributed by atoms with Gasteiger partial charge in [0, 0.05) is 0 Å². The fourth-order valence-corrected chi connectivity index (χ4v) is 9.23. The molecule has 0 fully saturated rings. The van der Waals surface area contributed by atoms with Gasteiger partial charge in [0.2, 0.25) is 0 Å². The van der Waals surface area contributed by atoms with Crippen LogP contribution in [0.15, 0.2) is 71.5 Å². The quantitative estimate of drug-likeness (QED) is 0.130. The molecule has 8 heteroatoms. The molecule has 8 aromatic rings. The fourth-order valence-electron chi connectivity index (χ4n) is 7.41. The van der Waals surface area contributed by atoms with Crippen molar-refractivity contribution in [1.82, 2.24) is 24.1 Å². The number of hydrogen-bond donors (Lipinski definition) is 0. The number of aryl methyl sites for hydroxylation is 3. The predicted octanol–water partition coefficient (Wildman–Crippen LogP) is 9.71. The number of pyridine rings is 2. The van der Waals surface area contributed by atoms with Crippen LogP contribution in [0.25, 0.3) is 55.6 Å². The monoisotopic (exact) mass is 960 g/mol. The summed E-state index contributed by atoms with van der Waals surface area (Å²) in [6, 6.07) is 27.9. The van der Waals surface area contributed by atoms with E-state index in [1.165, 1.54) is 21.9 Å². The smallest absolute Gasteiger partial charge is 2.00 e. The molecular weight excluding hydrogens is 913 g/mol. The second kappa shape index (κ2) is 13.3. The molecule has 0 aliphatic carbocycles. The van der Waals surface area contributed by atoms with Crippen molar-refractivity contribution < 1.29 is 25.6 Å². The molecule has 0 saturated heterocycles. The van der Waals surface area contributed by atoms with Crippen molar-refractivity contribution in [3.8, 4) is 17.1 Å². The van der Waals surface area contributed by atoms with Gasteiger partial charge < -0.3 is 0 Å². The molecule has 278 valence electrons. The van der Waals surface area contributed by atoms with Gasteiger partial charge in [-0.3, -0.25) is 0 Å². The standard InChI is InChI=1S/C46H47N5OSe.Pt/c1-26-13-18-38(47-24-26)50-36-17-14-30(44(4,5)6)22-35(36)34-16-15-32(23-37(34)50)53-33-20-29(19-31(21-33)45(7,8)9)40-41-42(27(2)25-48-40)51-43(49-41)39(28(3)52-51)46(10,11)12;/h13-19,21-22,24-25H,1-12H3;/q-2;+2. The minimum absolute atomic E-state index is 0. The van der Waals surface area contributed by atoms with E-state index in [1.807, 2.05) is 23.9 Å². The zero-order valence-electron chi connectivity index (χ0n) is 33.2. The predicted molar refractivity (Wildman–Crippen MR) is 220 cm³/mol. The summed E-state index contributed by atoms with van der Waals surface area (Å²) in [5, 5.41) is 2.40. The first-order valence-electron chi connectivity index (χ1n) is 18.4. The van der Waals surface area contributed by atoms with Gasteiger partial charge in [0.05, 0.1) is 0 Å². The van der Waals surface area contributed by atoms with Gasteiger partial charge >= 0.3 is 341 Å². The summed E-state index contributed by atoms with van der Waals surface area (Å²) >= 11 is -0.0924. The molecule has 0 aliphatic heterocycles. The topological polar surface area (TPSA) is 61.2 Å². The molecule has 5 aromatic heterocycles. The third kappa shape index (κ3) is 6.57. The number of aromatic nitrogens is 5. The van der Waals surface area contributed by atoms with Gasteiger partial charge in [0.25, 0.3) is 0 Å². The Hall–Kier alpha value is -4.02. The average molecular weight is 960 g/mol. The van der Waals surface area contributed by atoms with Crippen LogP contribution in [0.1, 0.15) is 95.9 Å². The first-order chi connectivity index (χ1) is 24.9. The molecule has 0 N–H and O–H groups in total. The maximum atomic E-state index is 6.37. The minimum atomic E-state index is -0.122. The summed E-state index contributed by atoms with van der Waals surface area (Å²) in [7, 11) is 0. The van der Waals surface area contributed by atoms with Crippen LogP contribution in [-0.2, 0) is 37.3 Å². The Kier molecular flexibility index (Phi) is 9.44. The van der Waals surface area contributed by atoms with E-state index >= 15 is 0 Å². The molecular formula is C46H47N5OPtSe. The second-order valence-electron chi connectivity index (χ2n) is 17.6. The summed E-state index contributed by atoms with van der Waals surface area (Å²) in [6.45, 7) is 26.4. The van der Waals surface area contributed by atoms with Gasteiger partial charge in [-0.15, -0.1) is 0 Å². The van der Waals surface area contributed by atoms with E-state index in [0.717, 1.165) is 76.2 Å². The van der Waals surface area contributed by atoms with E-state index in [-0.39, 0.29) is 52.3 Å². The largest absolute Gasteiger partial charge is 2.00 e. The second-order valence-corrected chi connectivity index (χ2v) is 19.9. The summed E-state index contributed by atoms with van der Waals surface area (Å²) < 4.78 is 12.8. The third-order valence-corrected chi connectivity index (χ3v) is 12.1. The van der Waals surface area contributed by atoms with Crippen molar-refractivity contribution >= 4 is 62.4 Å². The van der Waals surface area contributed by atoms with E-state index in [9.17, 15) is 0 Å². The summed E-state index contributed by atoms with van der Waals surface area (Å²) in [5.74, 6) is 1.79. The van der Waals surface area contributed by atoms with E-state index in [2.05, 4.69) is 147 Å². The first-order valence-corrected chi connectivity index (χ1v) is 20.1. The summed E-state index contributed by atoms with van der Waals surface area (Å²) in [4.78, 5) is 15.1. The third-order valence-electron chi connectivity index (χ3n) is 10.2. The Morgan fingerprint density at radius 1 is 0.704 bits per heavy atom. The van der Waals surface area contributed by atoms with E-state index < -0.39 is 0 Å². The van der Waals surface area contributed by atoms with Crippen LogP contribution in [0.5, 0.6) is 0 Å². The number of hydrogen-bond acceptors (Lipinski definition) is 4. The SMILES string of the molecule is Cc1ccc(-n2c3[c-]c([Se]c4[c-]c(-c5ncc(C)c6c5nc5c(C(C)(C)C)c(C)on56)cc(C(C)(C)C)c4)ccc3c3cc(C(C)(C)C)ccc32)nc1.[Pt+2]. The Bertz CT molecular complexity index is 2730. The van der Waals surface area contributed by atoms with Crippen molar-refractivity contribution in [3.63, 3.8) is 0 Å². The number of fused-ring (bicyclic) bond motifs is 6. The van der Waals surface area contributed by atoms with Crippen LogP contribution in [0.4, 0.5) is 0 Å². The van der Waals surface area contributed by atoms with Crippen molar-refractivity contribution in [2.24, 2.45) is 0 Å². The summed E-state index contributed by atoms with van der Waals surface area (Å²) in [5.41, 5.74) is 12.3. The number of nitrogens with zero attached hydrogens (tertiary/aromatic N) is 5. The zero-order valence-corrected chi connectivity index (χ0v) is 37.2. The molecule has 0 saturated carbocycles. The van der Waals surface area contributed by atoms with Crippen LogP contribution in [0, 0.1) is 32.9 Å². The maximum Gasteiger partial charge on any atom is 2.00 e. The number of benzene rings is 3. The van der Waals surface area contributed by atoms with E-state index in [4.69, 9.17) is 19.5 Å². The minimum Gasteiger partial charge on any atom is 2.00 e. The van der Waals surface area contributed by atoms with E-state index in [1.54, 1.807) is 0 Å². The molecule has 0 spiro atoms. The van der Waals surface area contributed by atoms with Gasteiger partial charge in [0.15, 0.2) is 0 Å². The molecule has 0 aliphatic rings. The van der Waals surface area contributed by atoms with Crippen molar-refractivity contribution in [2.75, 3.05) is 0 Å². The molecule has 0 bridgehead atoms. The van der Waals surface area contributed by atoms with Gasteiger partial charge in [-0.1, -0.05) is 0 Å². The first kappa shape index (κ1) is 38.3. The zero-order chi connectivity index (χ0) is 37.8. The molecule has 0 unspecified atom stereocenters. The number of imidazole rings is 1. The molecule has 5 heterocycles. The molecule has 54 heavy (non-hydrogen) atoms. The summed E-state index contributed by atoms with van der Waals surface area (Å²) in [6.07, 6.45) is 3.88. The average Bonchev–Trinajstić information content (AvgIpc) is 3.70. The van der Waals surface area contributed by atoms with Crippen LogP contribution in [0.3, 0.4) is 0 Å².